The van der Waals surface area contributed by atoms with E-state index in [1.165, 1.54) is 25.1 Å². The molecular weight excluding hydrogens is 184 g/mol. The summed E-state index contributed by atoms with van der Waals surface area (Å²) in [5.74, 6) is 0. The molecule has 2 heteroatoms. The van der Waals surface area contributed by atoms with Crippen LogP contribution in [-0.4, -0.2) is 37.1 Å². The van der Waals surface area contributed by atoms with Crippen LogP contribution in [0.2, 0.25) is 0 Å². The first-order valence-electron chi connectivity index (χ1n) is 5.85. The lowest BCUT2D eigenvalue weighted by molar-refractivity contribution is 0.176. The van der Waals surface area contributed by atoms with Crippen molar-refractivity contribution in [2.45, 2.75) is 19.4 Å². The first-order chi connectivity index (χ1) is 7.36. The zero-order valence-electron chi connectivity index (χ0n) is 9.45. The first kappa shape index (κ1) is 10.7. The molecule has 2 nitrogen and oxygen atoms in total. The second-order valence-electron chi connectivity index (χ2n) is 4.32. The first-order valence-corrected chi connectivity index (χ1v) is 5.85. The molecule has 0 saturated carbocycles. The van der Waals surface area contributed by atoms with Gasteiger partial charge in [0.2, 0.25) is 0 Å². The van der Waals surface area contributed by atoms with Gasteiger partial charge in [0.05, 0.1) is 0 Å². The predicted molar refractivity (Wildman–Crippen MR) is 64.1 cm³/mol. The van der Waals surface area contributed by atoms with E-state index in [4.69, 9.17) is 0 Å². The molecule has 1 aliphatic heterocycles. The molecule has 0 radical (unpaired) electrons. The van der Waals surface area contributed by atoms with Crippen LogP contribution in [0.5, 0.6) is 0 Å². The summed E-state index contributed by atoms with van der Waals surface area (Å²) in [6, 6.07) is 11.4. The van der Waals surface area contributed by atoms with Crippen LogP contribution < -0.4 is 5.32 Å². The van der Waals surface area contributed by atoms with Crippen LogP contribution in [0.3, 0.4) is 0 Å². The van der Waals surface area contributed by atoms with Gasteiger partial charge in [0.25, 0.3) is 0 Å². The molecule has 0 unspecified atom stereocenters. The number of nitrogens with one attached hydrogen (secondary N) is 1. The lowest BCUT2D eigenvalue weighted by Crippen LogP contribution is -2.50. The van der Waals surface area contributed by atoms with E-state index in [2.05, 4.69) is 47.5 Å². The van der Waals surface area contributed by atoms with Crippen molar-refractivity contribution in [3.8, 4) is 0 Å². The van der Waals surface area contributed by atoms with Gasteiger partial charge in [-0.15, -0.1) is 0 Å². The third-order valence-corrected chi connectivity index (χ3v) is 3.17. The Morgan fingerprint density at radius 3 is 2.87 bits per heavy atom. The van der Waals surface area contributed by atoms with Gasteiger partial charge in [-0.05, 0) is 18.9 Å². The third kappa shape index (κ3) is 3.05. The van der Waals surface area contributed by atoms with Crippen LogP contribution in [0.4, 0.5) is 0 Å². The summed E-state index contributed by atoms with van der Waals surface area (Å²) in [7, 11) is 0. The largest absolute Gasteiger partial charge is 0.314 e. The molecule has 1 atom stereocenters. The topological polar surface area (TPSA) is 15.3 Å². The molecule has 1 heterocycles. The highest BCUT2D eigenvalue weighted by molar-refractivity contribution is 5.14. The number of hydrogen-bond donors (Lipinski definition) is 1. The lowest BCUT2D eigenvalue weighted by atomic mass is 10.1. The molecule has 1 saturated heterocycles. The predicted octanol–water partition coefficient (Wildman–Crippen LogP) is 1.52. The molecule has 0 aliphatic carbocycles. The quantitative estimate of drug-likeness (QED) is 0.803. The van der Waals surface area contributed by atoms with E-state index in [9.17, 15) is 0 Å². The Balaban J connectivity index is 1.82. The highest BCUT2D eigenvalue weighted by Gasteiger charge is 2.16. The maximum atomic E-state index is 3.42. The van der Waals surface area contributed by atoms with E-state index in [1.54, 1.807) is 0 Å². The Morgan fingerprint density at radius 1 is 1.33 bits per heavy atom. The zero-order valence-corrected chi connectivity index (χ0v) is 9.45. The summed E-state index contributed by atoms with van der Waals surface area (Å²) in [5.41, 5.74) is 1.45. The molecule has 15 heavy (non-hydrogen) atoms. The fourth-order valence-electron chi connectivity index (χ4n) is 2.13. The van der Waals surface area contributed by atoms with Crippen molar-refractivity contribution in [3.63, 3.8) is 0 Å². The Morgan fingerprint density at radius 2 is 2.13 bits per heavy atom. The van der Waals surface area contributed by atoms with Gasteiger partial charge in [0.1, 0.15) is 0 Å². The maximum Gasteiger partial charge on any atom is 0.0193 e. The summed E-state index contributed by atoms with van der Waals surface area (Å²) < 4.78 is 0. The summed E-state index contributed by atoms with van der Waals surface area (Å²) in [6.07, 6.45) is 1.17. The Hall–Kier alpha value is -0.860. The van der Waals surface area contributed by atoms with Crippen LogP contribution in [-0.2, 0) is 6.42 Å². The standard InChI is InChI=1S/C13H20N2/c1-12-11-14-8-10-15(12)9-7-13-5-3-2-4-6-13/h2-6,12,14H,7-11H2,1H3/t12-/m0/s1. The summed E-state index contributed by atoms with van der Waals surface area (Å²) in [4.78, 5) is 2.57. The third-order valence-electron chi connectivity index (χ3n) is 3.17. The molecule has 1 fully saturated rings. The molecule has 0 amide bonds. The fraction of sp³-hybridized carbons (Fsp3) is 0.538. The minimum Gasteiger partial charge on any atom is -0.314 e. The SMILES string of the molecule is C[C@H]1CNCCN1CCc1ccccc1. The van der Waals surface area contributed by atoms with E-state index >= 15 is 0 Å². The van der Waals surface area contributed by atoms with Gasteiger partial charge in [-0.1, -0.05) is 30.3 Å². The van der Waals surface area contributed by atoms with Crippen molar-refractivity contribution in [3.05, 3.63) is 35.9 Å². The van der Waals surface area contributed by atoms with Gasteiger partial charge in [0, 0.05) is 32.2 Å². The second kappa shape index (κ2) is 5.29. The molecule has 1 aromatic carbocycles. The second-order valence-corrected chi connectivity index (χ2v) is 4.32. The van der Waals surface area contributed by atoms with Crippen LogP contribution in [0.1, 0.15) is 12.5 Å². The molecule has 0 spiro atoms. The normalized spacial score (nSPS) is 22.9. The van der Waals surface area contributed by atoms with Crippen molar-refractivity contribution < 1.29 is 0 Å². The minimum atomic E-state index is 0.683. The fourth-order valence-corrected chi connectivity index (χ4v) is 2.13. The number of nitrogens with zero attached hydrogens (tertiary/aromatic N) is 1. The van der Waals surface area contributed by atoms with E-state index in [1.807, 2.05) is 0 Å². The molecule has 1 aromatic rings. The number of hydrogen-bond acceptors (Lipinski definition) is 2. The molecule has 1 aliphatic rings. The van der Waals surface area contributed by atoms with Gasteiger partial charge >= 0.3 is 0 Å². The molecule has 2 rings (SSSR count). The lowest BCUT2D eigenvalue weighted by Gasteiger charge is -2.33. The van der Waals surface area contributed by atoms with Gasteiger partial charge < -0.3 is 5.32 Å². The Bertz CT molecular complexity index is 284. The van der Waals surface area contributed by atoms with Crippen LogP contribution in [0, 0.1) is 0 Å². The van der Waals surface area contributed by atoms with E-state index in [0.29, 0.717) is 6.04 Å². The van der Waals surface area contributed by atoms with Crippen molar-refractivity contribution >= 4 is 0 Å². The van der Waals surface area contributed by atoms with E-state index in [0.717, 1.165) is 13.1 Å². The summed E-state index contributed by atoms with van der Waals surface area (Å²) >= 11 is 0. The smallest absolute Gasteiger partial charge is 0.0193 e. The van der Waals surface area contributed by atoms with Crippen LogP contribution >= 0.6 is 0 Å². The highest BCUT2D eigenvalue weighted by atomic mass is 15.2. The monoisotopic (exact) mass is 204 g/mol. The Labute approximate surface area is 92.3 Å². The number of benzene rings is 1. The maximum absolute atomic E-state index is 3.42. The van der Waals surface area contributed by atoms with Gasteiger partial charge in [0.15, 0.2) is 0 Å². The molecule has 0 aromatic heterocycles. The van der Waals surface area contributed by atoms with Crippen LogP contribution in [0.15, 0.2) is 30.3 Å². The van der Waals surface area contributed by atoms with Gasteiger partial charge in [-0.3, -0.25) is 4.90 Å². The van der Waals surface area contributed by atoms with E-state index < -0.39 is 0 Å². The van der Waals surface area contributed by atoms with Crippen molar-refractivity contribution in [1.82, 2.24) is 10.2 Å². The molecular formula is C13H20N2. The minimum absolute atomic E-state index is 0.683. The van der Waals surface area contributed by atoms with E-state index in [-0.39, 0.29) is 0 Å². The summed E-state index contributed by atoms with van der Waals surface area (Å²) in [5, 5.41) is 3.42. The molecule has 82 valence electrons. The Kier molecular flexibility index (Phi) is 3.75. The average Bonchev–Trinajstić information content (AvgIpc) is 2.29. The molecule has 0 bridgehead atoms. The van der Waals surface area contributed by atoms with Crippen molar-refractivity contribution in [2.24, 2.45) is 0 Å². The average molecular weight is 204 g/mol. The number of rotatable bonds is 3. The van der Waals surface area contributed by atoms with Gasteiger partial charge in [-0.2, -0.15) is 0 Å². The van der Waals surface area contributed by atoms with Gasteiger partial charge in [-0.25, -0.2) is 0 Å². The van der Waals surface area contributed by atoms with Crippen LogP contribution in [0.25, 0.3) is 0 Å². The summed E-state index contributed by atoms with van der Waals surface area (Å²) in [6.45, 7) is 6.95. The number of piperazine rings is 1. The zero-order chi connectivity index (χ0) is 10.5. The molecule has 1 N–H and O–H groups in total. The van der Waals surface area contributed by atoms with Crippen molar-refractivity contribution in [2.75, 3.05) is 26.2 Å². The van der Waals surface area contributed by atoms with Crippen molar-refractivity contribution in [1.29, 1.82) is 0 Å². The highest BCUT2D eigenvalue weighted by Crippen LogP contribution is 2.06.